The quantitative estimate of drug-likeness (QED) is 0.768. The predicted molar refractivity (Wildman–Crippen MR) is 78.9 cm³/mol. The highest BCUT2D eigenvalue weighted by atomic mass is 32.2. The van der Waals surface area contributed by atoms with Crippen LogP contribution in [-0.4, -0.2) is 44.0 Å². The third-order valence-electron chi connectivity index (χ3n) is 4.49. The number of rotatable bonds is 5. The van der Waals surface area contributed by atoms with Crippen LogP contribution in [0.25, 0.3) is 0 Å². The van der Waals surface area contributed by atoms with Gasteiger partial charge in [-0.3, -0.25) is 14.5 Å². The maximum absolute atomic E-state index is 12.1. The molecule has 120 valence electrons. The number of likely N-dealkylation sites (tertiary alicyclic amines) is 1. The summed E-state index contributed by atoms with van der Waals surface area (Å²) >= 11 is 0. The van der Waals surface area contributed by atoms with Crippen molar-refractivity contribution < 1.29 is 18.0 Å². The van der Waals surface area contributed by atoms with Crippen molar-refractivity contribution in [2.45, 2.75) is 57.4 Å². The van der Waals surface area contributed by atoms with E-state index in [9.17, 15) is 18.0 Å². The second-order valence-electron chi connectivity index (χ2n) is 6.11. The van der Waals surface area contributed by atoms with Crippen LogP contribution in [0.3, 0.4) is 0 Å². The zero-order valence-corrected chi connectivity index (χ0v) is 13.3. The fourth-order valence-electron chi connectivity index (χ4n) is 3.10. The van der Waals surface area contributed by atoms with Gasteiger partial charge in [-0.1, -0.05) is 32.1 Å². The lowest BCUT2D eigenvalue weighted by Crippen LogP contribution is -2.53. The molecule has 1 N–H and O–H groups in total. The van der Waals surface area contributed by atoms with E-state index in [0.717, 1.165) is 17.7 Å². The van der Waals surface area contributed by atoms with Crippen molar-refractivity contribution in [2.24, 2.45) is 5.92 Å². The van der Waals surface area contributed by atoms with Gasteiger partial charge in [0.2, 0.25) is 21.8 Å². The summed E-state index contributed by atoms with van der Waals surface area (Å²) in [7, 11) is -2.07. The molecule has 2 amide bonds. The molecular formula is C14H24N2O4S. The highest BCUT2D eigenvalue weighted by molar-refractivity contribution is 7.89. The van der Waals surface area contributed by atoms with Crippen molar-refractivity contribution in [3.63, 3.8) is 0 Å². The molecule has 0 radical (unpaired) electrons. The van der Waals surface area contributed by atoms with Gasteiger partial charge >= 0.3 is 0 Å². The highest BCUT2D eigenvalue weighted by Gasteiger charge is 2.34. The number of piperidine rings is 1. The number of hydrogen-bond donors (Lipinski definition) is 1. The lowest BCUT2D eigenvalue weighted by molar-refractivity contribution is -0.147. The van der Waals surface area contributed by atoms with Crippen molar-refractivity contribution >= 4 is 21.8 Å². The van der Waals surface area contributed by atoms with Crippen LogP contribution in [0.2, 0.25) is 0 Å². The Labute approximate surface area is 126 Å². The minimum absolute atomic E-state index is 0.0686. The SMILES string of the molecule is CN1C(=O)CC[C@H](NS(=O)(=O)CCC2CCCCC2)C1=O. The van der Waals surface area contributed by atoms with Crippen molar-refractivity contribution in [1.82, 2.24) is 9.62 Å². The molecule has 7 heteroatoms. The monoisotopic (exact) mass is 316 g/mol. The molecular weight excluding hydrogens is 292 g/mol. The number of carbonyl (C=O) groups is 2. The first kappa shape index (κ1) is 16.4. The molecule has 2 aliphatic rings. The van der Waals surface area contributed by atoms with Gasteiger partial charge < -0.3 is 0 Å². The second-order valence-corrected chi connectivity index (χ2v) is 7.99. The Hall–Kier alpha value is -0.950. The summed E-state index contributed by atoms with van der Waals surface area (Å²) in [5.74, 6) is -0.147. The lowest BCUT2D eigenvalue weighted by Gasteiger charge is -2.28. The molecule has 2 rings (SSSR count). The van der Waals surface area contributed by atoms with E-state index >= 15 is 0 Å². The first-order valence-corrected chi connectivity index (χ1v) is 9.34. The normalized spacial score (nSPS) is 25.4. The van der Waals surface area contributed by atoms with Crippen LogP contribution in [0, 0.1) is 5.92 Å². The Kier molecular flexibility index (Phi) is 5.37. The number of sulfonamides is 1. The number of nitrogens with zero attached hydrogens (tertiary/aromatic N) is 1. The standard InChI is InChI=1S/C14H24N2O4S/c1-16-13(17)8-7-12(14(16)18)15-21(19,20)10-9-11-5-3-2-4-6-11/h11-12,15H,2-10H2,1H3/t12-/m0/s1. The topological polar surface area (TPSA) is 83.6 Å². The number of nitrogens with one attached hydrogen (secondary N) is 1. The Bertz CT molecular complexity index is 497. The molecule has 1 saturated carbocycles. The van der Waals surface area contributed by atoms with Crippen molar-refractivity contribution in [1.29, 1.82) is 0 Å². The third-order valence-corrected chi connectivity index (χ3v) is 5.91. The van der Waals surface area contributed by atoms with Crippen molar-refractivity contribution in [2.75, 3.05) is 12.8 Å². The van der Waals surface area contributed by atoms with Gasteiger partial charge in [-0.05, 0) is 18.8 Å². The molecule has 21 heavy (non-hydrogen) atoms. The van der Waals surface area contributed by atoms with Gasteiger partial charge in [0.25, 0.3) is 0 Å². The van der Waals surface area contributed by atoms with E-state index in [2.05, 4.69) is 4.72 Å². The maximum Gasteiger partial charge on any atom is 0.247 e. The number of carbonyl (C=O) groups excluding carboxylic acids is 2. The Morgan fingerprint density at radius 3 is 2.48 bits per heavy atom. The fourth-order valence-corrected chi connectivity index (χ4v) is 4.51. The molecule has 0 unspecified atom stereocenters. The van der Waals surface area contributed by atoms with E-state index in [0.29, 0.717) is 12.3 Å². The molecule has 2 fully saturated rings. The number of amides is 2. The maximum atomic E-state index is 12.1. The summed E-state index contributed by atoms with van der Waals surface area (Å²) in [6, 6.07) is -0.788. The average molecular weight is 316 g/mol. The zero-order valence-electron chi connectivity index (χ0n) is 12.5. The van der Waals surface area contributed by atoms with E-state index in [1.165, 1.54) is 26.3 Å². The molecule has 1 aliphatic heterocycles. The second kappa shape index (κ2) is 6.87. The number of imide groups is 1. The molecule has 0 aromatic carbocycles. The molecule has 0 bridgehead atoms. The smallest absolute Gasteiger partial charge is 0.247 e. The van der Waals surface area contributed by atoms with E-state index < -0.39 is 22.0 Å². The Morgan fingerprint density at radius 1 is 1.14 bits per heavy atom. The summed E-state index contributed by atoms with van der Waals surface area (Å²) < 4.78 is 26.7. The van der Waals surface area contributed by atoms with E-state index in [-0.39, 0.29) is 24.5 Å². The van der Waals surface area contributed by atoms with Crippen LogP contribution in [-0.2, 0) is 19.6 Å². The summed E-state index contributed by atoms with van der Waals surface area (Å²) in [5.41, 5.74) is 0. The largest absolute Gasteiger partial charge is 0.284 e. The predicted octanol–water partition coefficient (Wildman–Crippen LogP) is 1.02. The minimum Gasteiger partial charge on any atom is -0.284 e. The van der Waals surface area contributed by atoms with Crippen LogP contribution in [0.15, 0.2) is 0 Å². The average Bonchev–Trinajstić information content (AvgIpc) is 2.47. The lowest BCUT2D eigenvalue weighted by atomic mass is 9.88. The first-order chi connectivity index (χ1) is 9.89. The molecule has 0 aromatic rings. The minimum atomic E-state index is -3.46. The summed E-state index contributed by atoms with van der Waals surface area (Å²) in [5, 5.41) is 0. The molecule has 1 heterocycles. The summed E-state index contributed by atoms with van der Waals surface area (Å²) in [6.45, 7) is 0. The third kappa shape index (κ3) is 4.51. The molecule has 0 aromatic heterocycles. The summed E-state index contributed by atoms with van der Waals surface area (Å²) in [6.07, 6.45) is 6.95. The van der Waals surface area contributed by atoms with Crippen LogP contribution in [0.1, 0.15) is 51.4 Å². The van der Waals surface area contributed by atoms with Crippen LogP contribution in [0.4, 0.5) is 0 Å². The van der Waals surface area contributed by atoms with Gasteiger partial charge in [-0.25, -0.2) is 13.1 Å². The Morgan fingerprint density at radius 2 is 1.81 bits per heavy atom. The van der Waals surface area contributed by atoms with E-state index in [1.54, 1.807) is 0 Å². The van der Waals surface area contributed by atoms with Crippen LogP contribution in [0.5, 0.6) is 0 Å². The van der Waals surface area contributed by atoms with Gasteiger partial charge in [0.15, 0.2) is 0 Å². The van der Waals surface area contributed by atoms with Gasteiger partial charge in [0.05, 0.1) is 5.75 Å². The van der Waals surface area contributed by atoms with Gasteiger partial charge in [-0.15, -0.1) is 0 Å². The zero-order chi connectivity index (χ0) is 15.5. The van der Waals surface area contributed by atoms with Gasteiger partial charge in [0, 0.05) is 13.5 Å². The van der Waals surface area contributed by atoms with Crippen LogP contribution < -0.4 is 4.72 Å². The molecule has 1 atom stereocenters. The molecule has 1 saturated heterocycles. The fraction of sp³-hybridized carbons (Fsp3) is 0.857. The molecule has 6 nitrogen and oxygen atoms in total. The number of likely N-dealkylation sites (N-methyl/N-ethyl adjacent to an activating group) is 1. The first-order valence-electron chi connectivity index (χ1n) is 7.69. The van der Waals surface area contributed by atoms with E-state index in [1.807, 2.05) is 0 Å². The Balaban J connectivity index is 1.85. The highest BCUT2D eigenvalue weighted by Crippen LogP contribution is 2.26. The summed E-state index contributed by atoms with van der Waals surface area (Å²) in [4.78, 5) is 24.3. The van der Waals surface area contributed by atoms with Crippen molar-refractivity contribution in [3.8, 4) is 0 Å². The van der Waals surface area contributed by atoms with Crippen LogP contribution >= 0.6 is 0 Å². The number of hydrogen-bond acceptors (Lipinski definition) is 4. The van der Waals surface area contributed by atoms with Gasteiger partial charge in [0.1, 0.15) is 6.04 Å². The molecule has 1 aliphatic carbocycles. The van der Waals surface area contributed by atoms with Gasteiger partial charge in [-0.2, -0.15) is 0 Å². The molecule has 0 spiro atoms. The van der Waals surface area contributed by atoms with Crippen molar-refractivity contribution in [3.05, 3.63) is 0 Å². The van der Waals surface area contributed by atoms with E-state index in [4.69, 9.17) is 0 Å².